The first-order valence-corrected chi connectivity index (χ1v) is 7.80. The lowest BCUT2D eigenvalue weighted by Crippen LogP contribution is -2.33. The number of nitrogens with zero attached hydrogens (tertiary/aromatic N) is 3. The van der Waals surface area contributed by atoms with Crippen LogP contribution in [0.15, 0.2) is 24.3 Å². The van der Waals surface area contributed by atoms with Crippen molar-refractivity contribution in [3.63, 3.8) is 0 Å². The van der Waals surface area contributed by atoms with Crippen molar-refractivity contribution in [2.24, 2.45) is 5.73 Å². The van der Waals surface area contributed by atoms with E-state index in [1.165, 1.54) is 12.1 Å². The highest BCUT2D eigenvalue weighted by molar-refractivity contribution is 5.79. The minimum absolute atomic E-state index is 0.0859. The molecular formula is C17H21FN4O. The Hall–Kier alpha value is -2.21. The van der Waals surface area contributed by atoms with Crippen LogP contribution in [0.5, 0.6) is 0 Å². The third-order valence-electron chi connectivity index (χ3n) is 4.42. The Labute approximate surface area is 134 Å². The molecule has 1 aromatic heterocycles. The van der Waals surface area contributed by atoms with Crippen LogP contribution in [-0.2, 0) is 11.2 Å². The molecular weight excluding hydrogens is 295 g/mol. The Morgan fingerprint density at radius 2 is 2.04 bits per heavy atom. The molecule has 122 valence electrons. The van der Waals surface area contributed by atoms with Gasteiger partial charge in [0.05, 0.1) is 17.8 Å². The second-order valence-corrected chi connectivity index (χ2v) is 6.10. The smallest absolute Gasteiger partial charge is 0.227 e. The molecule has 2 aromatic rings. The lowest BCUT2D eigenvalue weighted by molar-refractivity contribution is -0.129. The highest BCUT2D eigenvalue weighted by Crippen LogP contribution is 2.20. The lowest BCUT2D eigenvalue weighted by Gasteiger charge is -2.15. The zero-order valence-corrected chi connectivity index (χ0v) is 13.4. The van der Waals surface area contributed by atoms with Gasteiger partial charge in [-0.15, -0.1) is 0 Å². The zero-order valence-electron chi connectivity index (χ0n) is 13.4. The fourth-order valence-corrected chi connectivity index (χ4v) is 3.04. The van der Waals surface area contributed by atoms with Crippen molar-refractivity contribution in [1.29, 1.82) is 0 Å². The van der Waals surface area contributed by atoms with Gasteiger partial charge in [-0.05, 0) is 44.5 Å². The first-order valence-electron chi connectivity index (χ1n) is 7.80. The zero-order chi connectivity index (χ0) is 16.6. The van der Waals surface area contributed by atoms with Gasteiger partial charge in [0, 0.05) is 30.4 Å². The van der Waals surface area contributed by atoms with E-state index in [1.807, 2.05) is 18.7 Å². The number of aryl methyl sites for hydroxylation is 1. The van der Waals surface area contributed by atoms with Gasteiger partial charge in [-0.25, -0.2) is 9.07 Å². The van der Waals surface area contributed by atoms with Crippen LogP contribution >= 0.6 is 0 Å². The Kier molecular flexibility index (Phi) is 4.17. The number of halogens is 1. The van der Waals surface area contributed by atoms with Crippen molar-refractivity contribution < 1.29 is 9.18 Å². The van der Waals surface area contributed by atoms with Gasteiger partial charge in [-0.1, -0.05) is 0 Å². The van der Waals surface area contributed by atoms with E-state index in [1.54, 1.807) is 16.8 Å². The second kappa shape index (κ2) is 6.12. The molecule has 1 amide bonds. The molecule has 0 aliphatic carbocycles. The second-order valence-electron chi connectivity index (χ2n) is 6.10. The molecule has 0 unspecified atom stereocenters. The summed E-state index contributed by atoms with van der Waals surface area (Å²) in [6.45, 7) is 5.18. The van der Waals surface area contributed by atoms with Crippen LogP contribution in [0.1, 0.15) is 23.4 Å². The maximum atomic E-state index is 13.1. The number of benzene rings is 1. The van der Waals surface area contributed by atoms with E-state index in [0.29, 0.717) is 13.0 Å². The van der Waals surface area contributed by atoms with Gasteiger partial charge in [-0.3, -0.25) is 4.79 Å². The number of hydrogen-bond acceptors (Lipinski definition) is 3. The molecule has 1 saturated heterocycles. The number of aromatic nitrogens is 2. The van der Waals surface area contributed by atoms with Gasteiger partial charge in [0.2, 0.25) is 5.91 Å². The van der Waals surface area contributed by atoms with Crippen molar-refractivity contribution in [2.75, 3.05) is 13.1 Å². The Bertz CT molecular complexity index is 723. The maximum Gasteiger partial charge on any atom is 0.227 e. The third-order valence-corrected chi connectivity index (χ3v) is 4.42. The standard InChI is InChI=1S/C17H21FN4O/c1-11-16(9-17(23)21-8-7-14(19)10-21)12(2)22(20-11)15-5-3-13(18)4-6-15/h3-6,14H,7-10,19H2,1-2H3/t14-/m1/s1. The van der Waals surface area contributed by atoms with Crippen LogP contribution in [0.25, 0.3) is 5.69 Å². The fraction of sp³-hybridized carbons (Fsp3) is 0.412. The molecule has 3 rings (SSSR count). The first-order chi connectivity index (χ1) is 11.0. The summed E-state index contributed by atoms with van der Waals surface area (Å²) >= 11 is 0. The minimum atomic E-state index is -0.281. The summed E-state index contributed by atoms with van der Waals surface area (Å²) in [5.74, 6) is -0.195. The van der Waals surface area contributed by atoms with E-state index in [2.05, 4.69) is 5.10 Å². The van der Waals surface area contributed by atoms with Gasteiger partial charge in [0.1, 0.15) is 5.82 Å². The summed E-state index contributed by atoms with van der Waals surface area (Å²) in [4.78, 5) is 14.3. The number of rotatable bonds is 3. The molecule has 2 N–H and O–H groups in total. The largest absolute Gasteiger partial charge is 0.341 e. The number of hydrogen-bond donors (Lipinski definition) is 1. The normalized spacial score (nSPS) is 17.7. The Balaban J connectivity index is 1.83. The molecule has 1 fully saturated rings. The SMILES string of the molecule is Cc1nn(-c2ccc(F)cc2)c(C)c1CC(=O)N1CC[C@@H](N)C1. The van der Waals surface area contributed by atoms with Crippen LogP contribution in [0, 0.1) is 19.7 Å². The first kappa shape index (κ1) is 15.7. The average molecular weight is 316 g/mol. The Morgan fingerprint density at radius 3 is 2.65 bits per heavy atom. The predicted molar refractivity (Wildman–Crippen MR) is 85.9 cm³/mol. The van der Waals surface area contributed by atoms with Crippen molar-refractivity contribution in [1.82, 2.24) is 14.7 Å². The topological polar surface area (TPSA) is 64.2 Å². The van der Waals surface area contributed by atoms with Crippen LogP contribution in [0.3, 0.4) is 0 Å². The molecule has 1 atom stereocenters. The molecule has 0 saturated carbocycles. The van der Waals surface area contributed by atoms with E-state index < -0.39 is 0 Å². The molecule has 1 aliphatic rings. The lowest BCUT2D eigenvalue weighted by atomic mass is 10.1. The number of carbonyl (C=O) groups is 1. The highest BCUT2D eigenvalue weighted by atomic mass is 19.1. The molecule has 23 heavy (non-hydrogen) atoms. The van der Waals surface area contributed by atoms with Crippen LogP contribution in [0.2, 0.25) is 0 Å². The number of likely N-dealkylation sites (tertiary alicyclic amines) is 1. The number of nitrogens with two attached hydrogens (primary N) is 1. The molecule has 1 aromatic carbocycles. The van der Waals surface area contributed by atoms with Gasteiger partial charge in [0.25, 0.3) is 0 Å². The molecule has 1 aliphatic heterocycles. The maximum absolute atomic E-state index is 13.1. The molecule has 0 radical (unpaired) electrons. The van der Waals surface area contributed by atoms with E-state index in [4.69, 9.17) is 5.73 Å². The third kappa shape index (κ3) is 3.12. The van der Waals surface area contributed by atoms with Crippen molar-refractivity contribution in [2.45, 2.75) is 32.7 Å². The summed E-state index contributed by atoms with van der Waals surface area (Å²) in [5.41, 5.74) is 9.31. The van der Waals surface area contributed by atoms with Crippen molar-refractivity contribution in [3.8, 4) is 5.69 Å². The molecule has 2 heterocycles. The summed E-state index contributed by atoms with van der Waals surface area (Å²) in [5, 5.41) is 4.50. The van der Waals surface area contributed by atoms with E-state index >= 15 is 0 Å². The molecule has 0 bridgehead atoms. The van der Waals surface area contributed by atoms with Crippen molar-refractivity contribution >= 4 is 5.91 Å². The van der Waals surface area contributed by atoms with Gasteiger partial charge in [0.15, 0.2) is 0 Å². The monoisotopic (exact) mass is 316 g/mol. The van der Waals surface area contributed by atoms with Crippen LogP contribution in [-0.4, -0.2) is 39.7 Å². The van der Waals surface area contributed by atoms with Gasteiger partial charge in [-0.2, -0.15) is 5.10 Å². The average Bonchev–Trinajstić information content (AvgIpc) is 3.07. The summed E-state index contributed by atoms with van der Waals surface area (Å²) in [6.07, 6.45) is 1.18. The summed E-state index contributed by atoms with van der Waals surface area (Å²) in [6, 6.07) is 6.26. The van der Waals surface area contributed by atoms with Crippen molar-refractivity contribution in [3.05, 3.63) is 47.0 Å². The van der Waals surface area contributed by atoms with E-state index in [0.717, 1.165) is 35.6 Å². The van der Waals surface area contributed by atoms with Crippen LogP contribution < -0.4 is 5.73 Å². The molecule has 6 heteroatoms. The minimum Gasteiger partial charge on any atom is -0.341 e. The number of carbonyl (C=O) groups excluding carboxylic acids is 1. The quantitative estimate of drug-likeness (QED) is 0.938. The Morgan fingerprint density at radius 1 is 1.35 bits per heavy atom. The van der Waals surface area contributed by atoms with E-state index in [-0.39, 0.29) is 17.8 Å². The van der Waals surface area contributed by atoms with Gasteiger partial charge >= 0.3 is 0 Å². The molecule has 0 spiro atoms. The van der Waals surface area contributed by atoms with Gasteiger partial charge < -0.3 is 10.6 Å². The predicted octanol–water partition coefficient (Wildman–Crippen LogP) is 1.73. The summed E-state index contributed by atoms with van der Waals surface area (Å²) < 4.78 is 14.8. The fourth-order valence-electron chi connectivity index (χ4n) is 3.04. The molecule has 5 nitrogen and oxygen atoms in total. The van der Waals surface area contributed by atoms with E-state index in [9.17, 15) is 9.18 Å². The number of amides is 1. The van der Waals surface area contributed by atoms with Crippen LogP contribution in [0.4, 0.5) is 4.39 Å². The summed E-state index contributed by atoms with van der Waals surface area (Å²) in [7, 11) is 0. The highest BCUT2D eigenvalue weighted by Gasteiger charge is 2.25.